The molecule has 3 heteroatoms. The molecule has 0 atom stereocenters. The number of nitrogens with one attached hydrogen (secondary N) is 1. The van der Waals surface area contributed by atoms with E-state index in [-0.39, 0.29) is 5.91 Å². The van der Waals surface area contributed by atoms with Crippen molar-refractivity contribution in [2.75, 3.05) is 5.32 Å². The maximum absolute atomic E-state index is 10.5. The number of rotatable bonds is 1. The van der Waals surface area contributed by atoms with Crippen molar-refractivity contribution in [2.24, 2.45) is 0 Å². The van der Waals surface area contributed by atoms with Crippen LogP contribution >= 0.6 is 0 Å². The van der Waals surface area contributed by atoms with Gasteiger partial charge in [-0.25, -0.2) is 4.98 Å². The van der Waals surface area contributed by atoms with Crippen molar-refractivity contribution in [3.05, 3.63) is 23.9 Å². The lowest BCUT2D eigenvalue weighted by Gasteiger charge is -1.99. The fourth-order valence-corrected chi connectivity index (χ4v) is 0.722. The van der Waals surface area contributed by atoms with E-state index in [4.69, 9.17) is 0 Å². The monoisotopic (exact) mass is 150 g/mol. The van der Waals surface area contributed by atoms with Crippen molar-refractivity contribution < 1.29 is 4.79 Å². The largest absolute Gasteiger partial charge is 0.311 e. The van der Waals surface area contributed by atoms with E-state index in [1.807, 2.05) is 13.0 Å². The molecule has 1 heterocycles. The summed E-state index contributed by atoms with van der Waals surface area (Å²) in [6.45, 7) is 3.41. The summed E-state index contributed by atoms with van der Waals surface area (Å²) in [5, 5.41) is 2.58. The van der Waals surface area contributed by atoms with Gasteiger partial charge in [-0.15, -0.1) is 0 Å². The van der Waals surface area contributed by atoms with Crippen LogP contribution in [-0.4, -0.2) is 10.9 Å². The van der Waals surface area contributed by atoms with Gasteiger partial charge in [-0.2, -0.15) is 0 Å². The lowest BCUT2D eigenvalue weighted by atomic mass is 10.3. The van der Waals surface area contributed by atoms with E-state index in [1.165, 1.54) is 6.92 Å². The van der Waals surface area contributed by atoms with E-state index in [0.29, 0.717) is 5.82 Å². The number of hydrogen-bond donors (Lipinski definition) is 1. The van der Waals surface area contributed by atoms with Crippen molar-refractivity contribution in [1.29, 1.82) is 0 Å². The molecular formula is C8H10N2O. The van der Waals surface area contributed by atoms with E-state index in [9.17, 15) is 4.79 Å². The molecule has 1 N–H and O–H groups in total. The first-order valence-corrected chi connectivity index (χ1v) is 3.39. The third kappa shape index (κ3) is 2.37. The van der Waals surface area contributed by atoms with Crippen LogP contribution in [0, 0.1) is 6.92 Å². The van der Waals surface area contributed by atoms with E-state index in [2.05, 4.69) is 10.3 Å². The summed E-state index contributed by atoms with van der Waals surface area (Å²) in [5.41, 5.74) is 1.08. The minimum absolute atomic E-state index is 0.0960. The van der Waals surface area contributed by atoms with Gasteiger partial charge in [0, 0.05) is 13.1 Å². The predicted molar refractivity (Wildman–Crippen MR) is 43.3 cm³/mol. The Balaban J connectivity index is 2.74. The van der Waals surface area contributed by atoms with Crippen molar-refractivity contribution in [3.63, 3.8) is 0 Å². The summed E-state index contributed by atoms with van der Waals surface area (Å²) < 4.78 is 0. The summed E-state index contributed by atoms with van der Waals surface area (Å²) in [6.07, 6.45) is 1.71. The van der Waals surface area contributed by atoms with Gasteiger partial charge in [-0.3, -0.25) is 4.79 Å². The van der Waals surface area contributed by atoms with Crippen molar-refractivity contribution in [3.8, 4) is 0 Å². The molecule has 1 aromatic heterocycles. The van der Waals surface area contributed by atoms with Crippen LogP contribution in [0.1, 0.15) is 12.5 Å². The van der Waals surface area contributed by atoms with Gasteiger partial charge in [0.2, 0.25) is 5.91 Å². The maximum atomic E-state index is 10.5. The molecule has 0 bridgehead atoms. The minimum atomic E-state index is -0.0960. The van der Waals surface area contributed by atoms with Crippen molar-refractivity contribution in [2.45, 2.75) is 13.8 Å². The number of amides is 1. The number of hydrogen-bond acceptors (Lipinski definition) is 2. The normalized spacial score (nSPS) is 9.27. The smallest absolute Gasteiger partial charge is 0.222 e. The fraction of sp³-hybridized carbons (Fsp3) is 0.250. The Labute approximate surface area is 65.5 Å². The van der Waals surface area contributed by atoms with E-state index >= 15 is 0 Å². The third-order valence-corrected chi connectivity index (χ3v) is 1.22. The molecular weight excluding hydrogens is 140 g/mol. The van der Waals surface area contributed by atoms with Crippen LogP contribution < -0.4 is 5.32 Å². The summed E-state index contributed by atoms with van der Waals surface area (Å²) in [6, 6.07) is 3.68. The molecule has 0 aromatic carbocycles. The highest BCUT2D eigenvalue weighted by Crippen LogP contribution is 2.02. The van der Waals surface area contributed by atoms with Gasteiger partial charge in [-0.1, -0.05) is 6.07 Å². The number of carbonyl (C=O) groups is 1. The molecule has 0 aliphatic rings. The second-order valence-electron chi connectivity index (χ2n) is 2.40. The van der Waals surface area contributed by atoms with Gasteiger partial charge >= 0.3 is 0 Å². The Morgan fingerprint density at radius 2 is 2.27 bits per heavy atom. The highest BCUT2D eigenvalue weighted by molar-refractivity contribution is 5.87. The Morgan fingerprint density at radius 1 is 1.55 bits per heavy atom. The molecule has 0 saturated carbocycles. The molecule has 0 aliphatic heterocycles. The second kappa shape index (κ2) is 3.14. The predicted octanol–water partition coefficient (Wildman–Crippen LogP) is 1.35. The molecule has 0 aliphatic carbocycles. The van der Waals surface area contributed by atoms with E-state index < -0.39 is 0 Å². The minimum Gasteiger partial charge on any atom is -0.311 e. The molecule has 11 heavy (non-hydrogen) atoms. The number of nitrogens with zero attached hydrogens (tertiary/aromatic N) is 1. The maximum Gasteiger partial charge on any atom is 0.222 e. The molecule has 58 valence electrons. The zero-order chi connectivity index (χ0) is 8.27. The van der Waals surface area contributed by atoms with Gasteiger partial charge in [0.15, 0.2) is 0 Å². The number of anilines is 1. The molecule has 0 spiro atoms. The quantitative estimate of drug-likeness (QED) is 0.656. The average Bonchev–Trinajstić information content (AvgIpc) is 1.93. The van der Waals surface area contributed by atoms with Gasteiger partial charge in [0.05, 0.1) is 0 Å². The number of pyridine rings is 1. The first kappa shape index (κ1) is 7.72. The Bertz CT molecular complexity index is 253. The van der Waals surface area contributed by atoms with Gasteiger partial charge in [-0.05, 0) is 18.6 Å². The van der Waals surface area contributed by atoms with Gasteiger partial charge in [0.1, 0.15) is 5.82 Å². The van der Waals surface area contributed by atoms with Crippen LogP contribution in [0.5, 0.6) is 0 Å². The zero-order valence-electron chi connectivity index (χ0n) is 6.59. The summed E-state index contributed by atoms with van der Waals surface area (Å²) >= 11 is 0. The summed E-state index contributed by atoms with van der Waals surface area (Å²) in [7, 11) is 0. The number of carbonyl (C=O) groups excluding carboxylic acids is 1. The molecule has 0 radical (unpaired) electrons. The Hall–Kier alpha value is -1.38. The van der Waals surface area contributed by atoms with Crippen LogP contribution in [0.2, 0.25) is 0 Å². The van der Waals surface area contributed by atoms with Crippen LogP contribution in [0.15, 0.2) is 18.3 Å². The van der Waals surface area contributed by atoms with Gasteiger partial charge < -0.3 is 5.32 Å². The fourth-order valence-electron chi connectivity index (χ4n) is 0.722. The molecule has 0 saturated heterocycles. The van der Waals surface area contributed by atoms with Gasteiger partial charge in [0.25, 0.3) is 0 Å². The summed E-state index contributed by atoms with van der Waals surface area (Å²) in [4.78, 5) is 14.5. The molecule has 1 aromatic rings. The number of aromatic nitrogens is 1. The van der Waals surface area contributed by atoms with Crippen LogP contribution in [0.4, 0.5) is 5.82 Å². The SMILES string of the molecule is CC(=O)Nc1ccc(C)cn1. The molecule has 3 nitrogen and oxygen atoms in total. The van der Waals surface area contributed by atoms with E-state index in [0.717, 1.165) is 5.56 Å². The Morgan fingerprint density at radius 3 is 2.73 bits per heavy atom. The highest BCUT2D eigenvalue weighted by Gasteiger charge is 1.93. The first-order chi connectivity index (χ1) is 5.18. The zero-order valence-corrected chi connectivity index (χ0v) is 6.59. The second-order valence-corrected chi connectivity index (χ2v) is 2.40. The summed E-state index contributed by atoms with van der Waals surface area (Å²) in [5.74, 6) is 0.504. The first-order valence-electron chi connectivity index (χ1n) is 3.39. The van der Waals surface area contributed by atoms with Crippen LogP contribution in [0.25, 0.3) is 0 Å². The Kier molecular flexibility index (Phi) is 2.21. The molecule has 1 amide bonds. The molecule has 1 rings (SSSR count). The topological polar surface area (TPSA) is 42.0 Å². The van der Waals surface area contributed by atoms with Crippen LogP contribution in [0.3, 0.4) is 0 Å². The number of aryl methyl sites for hydroxylation is 1. The third-order valence-electron chi connectivity index (χ3n) is 1.22. The average molecular weight is 150 g/mol. The lowest BCUT2D eigenvalue weighted by molar-refractivity contribution is -0.114. The van der Waals surface area contributed by atoms with E-state index in [1.54, 1.807) is 12.3 Å². The highest BCUT2D eigenvalue weighted by atomic mass is 16.1. The lowest BCUT2D eigenvalue weighted by Crippen LogP contribution is -2.06. The molecule has 0 fully saturated rings. The van der Waals surface area contributed by atoms with Crippen molar-refractivity contribution in [1.82, 2.24) is 4.98 Å². The standard InChI is InChI=1S/C8H10N2O/c1-6-3-4-8(9-5-6)10-7(2)11/h3-5H,1-2H3,(H,9,10,11). The van der Waals surface area contributed by atoms with Crippen LogP contribution in [-0.2, 0) is 4.79 Å². The molecule has 0 unspecified atom stereocenters. The van der Waals surface area contributed by atoms with Crippen molar-refractivity contribution >= 4 is 11.7 Å².